The fourth-order valence-electron chi connectivity index (χ4n) is 2.11. The van der Waals surface area contributed by atoms with Crippen LogP contribution in [0, 0.1) is 0 Å². The summed E-state index contributed by atoms with van der Waals surface area (Å²) in [6.07, 6.45) is -0.484. The molecule has 0 radical (unpaired) electrons. The summed E-state index contributed by atoms with van der Waals surface area (Å²) in [7, 11) is 0. The van der Waals surface area contributed by atoms with E-state index < -0.39 is 24.3 Å². The number of carbonyl (C=O) groups excluding carboxylic acids is 1. The zero-order chi connectivity index (χ0) is 13.7. The maximum atomic E-state index is 11.1. The normalized spacial score (nSPS) is 24.2. The molecule has 1 aliphatic heterocycles. The van der Waals surface area contributed by atoms with Crippen LogP contribution < -0.4 is 0 Å². The quantitative estimate of drug-likeness (QED) is 0.739. The highest BCUT2D eigenvalue weighted by Crippen LogP contribution is 2.30. The van der Waals surface area contributed by atoms with Gasteiger partial charge >= 0.3 is 5.97 Å². The van der Waals surface area contributed by atoms with Gasteiger partial charge in [0.1, 0.15) is 6.10 Å². The summed E-state index contributed by atoms with van der Waals surface area (Å²) in [6.45, 7) is -0.00923. The Morgan fingerprint density at radius 1 is 1.37 bits per heavy atom. The molecule has 2 rings (SSSR count). The van der Waals surface area contributed by atoms with Crippen LogP contribution in [-0.2, 0) is 20.9 Å². The predicted molar refractivity (Wildman–Crippen MR) is 67.2 cm³/mol. The lowest BCUT2D eigenvalue weighted by Gasteiger charge is -2.30. The third-order valence-corrected chi connectivity index (χ3v) is 3.33. The van der Waals surface area contributed by atoms with Crippen molar-refractivity contribution in [3.8, 4) is 0 Å². The molecule has 1 heterocycles. The molecule has 2 atom stereocenters. The van der Waals surface area contributed by atoms with Crippen molar-refractivity contribution in [3.63, 3.8) is 0 Å². The molecular weight excluding hydrogens is 248 g/mol. The lowest BCUT2D eigenvalue weighted by molar-refractivity contribution is -0.171. The van der Waals surface area contributed by atoms with Crippen LogP contribution in [0.15, 0.2) is 30.3 Å². The molecule has 5 heteroatoms. The van der Waals surface area contributed by atoms with Crippen molar-refractivity contribution in [2.24, 2.45) is 0 Å². The Hall–Kier alpha value is -1.43. The molecule has 0 amide bonds. The Kier molecular flexibility index (Phi) is 4.52. The lowest BCUT2D eigenvalue weighted by Crippen LogP contribution is -2.48. The molecule has 0 saturated carbocycles. The first-order valence-corrected chi connectivity index (χ1v) is 6.29. The first kappa shape index (κ1) is 14.0. The van der Waals surface area contributed by atoms with Crippen molar-refractivity contribution in [2.75, 3.05) is 13.2 Å². The van der Waals surface area contributed by atoms with Gasteiger partial charge in [0.2, 0.25) is 0 Å². The second kappa shape index (κ2) is 6.14. The summed E-state index contributed by atoms with van der Waals surface area (Å²) in [5.41, 5.74) is -0.204. The molecule has 0 unspecified atom stereocenters. The Morgan fingerprint density at radius 3 is 2.68 bits per heavy atom. The number of cyclic esters (lactones) is 1. The Balaban J connectivity index is 1.83. The van der Waals surface area contributed by atoms with Gasteiger partial charge in [-0.15, -0.1) is 0 Å². The fourth-order valence-corrected chi connectivity index (χ4v) is 2.11. The number of esters is 1. The highest BCUT2D eigenvalue weighted by molar-refractivity contribution is 5.72. The molecule has 1 fully saturated rings. The summed E-state index contributed by atoms with van der Waals surface area (Å²) in [4.78, 5) is 11.1. The summed E-state index contributed by atoms with van der Waals surface area (Å²) >= 11 is 0. The Morgan fingerprint density at radius 2 is 2.11 bits per heavy atom. The fraction of sp³-hybridized carbons (Fsp3) is 0.500. The molecule has 0 aromatic heterocycles. The zero-order valence-corrected chi connectivity index (χ0v) is 10.6. The van der Waals surface area contributed by atoms with E-state index in [-0.39, 0.29) is 13.0 Å². The SMILES string of the molecule is O=C1CC[C@@](CO)([C@@H](O)COCc2ccccc2)O1. The Bertz CT molecular complexity index is 419. The van der Waals surface area contributed by atoms with E-state index >= 15 is 0 Å². The van der Waals surface area contributed by atoms with E-state index in [2.05, 4.69) is 0 Å². The van der Waals surface area contributed by atoms with Crippen LogP contribution in [-0.4, -0.2) is 41.1 Å². The van der Waals surface area contributed by atoms with Gasteiger partial charge in [-0.1, -0.05) is 30.3 Å². The number of aliphatic hydroxyl groups is 2. The van der Waals surface area contributed by atoms with Gasteiger partial charge in [0.25, 0.3) is 0 Å². The summed E-state index contributed by atoms with van der Waals surface area (Å²) in [5, 5.41) is 19.4. The van der Waals surface area contributed by atoms with Crippen molar-refractivity contribution in [1.29, 1.82) is 0 Å². The summed E-state index contributed by atoms with van der Waals surface area (Å²) in [6, 6.07) is 9.57. The third kappa shape index (κ3) is 3.32. The number of hydrogen-bond acceptors (Lipinski definition) is 5. The highest BCUT2D eigenvalue weighted by atomic mass is 16.6. The topological polar surface area (TPSA) is 76.0 Å². The third-order valence-electron chi connectivity index (χ3n) is 3.33. The van der Waals surface area contributed by atoms with Crippen LogP contribution in [0.25, 0.3) is 0 Å². The van der Waals surface area contributed by atoms with Crippen LogP contribution in [0.1, 0.15) is 18.4 Å². The van der Waals surface area contributed by atoms with E-state index in [4.69, 9.17) is 9.47 Å². The molecule has 1 aromatic rings. The average Bonchev–Trinajstić information content (AvgIpc) is 2.83. The summed E-state index contributed by atoms with van der Waals surface area (Å²) in [5.74, 6) is -0.392. The molecule has 0 aliphatic carbocycles. The van der Waals surface area contributed by atoms with Crippen molar-refractivity contribution in [2.45, 2.75) is 31.2 Å². The number of hydrogen-bond donors (Lipinski definition) is 2. The predicted octanol–water partition coefficient (Wildman–Crippen LogP) is 0.632. The number of aliphatic hydroxyl groups excluding tert-OH is 2. The van der Waals surface area contributed by atoms with E-state index in [0.717, 1.165) is 5.56 Å². The van der Waals surface area contributed by atoms with E-state index in [1.807, 2.05) is 30.3 Å². The second-order valence-electron chi connectivity index (χ2n) is 4.71. The van der Waals surface area contributed by atoms with Gasteiger partial charge in [0.15, 0.2) is 5.60 Å². The number of carbonyl (C=O) groups is 1. The van der Waals surface area contributed by atoms with Crippen molar-refractivity contribution in [1.82, 2.24) is 0 Å². The maximum absolute atomic E-state index is 11.1. The van der Waals surface area contributed by atoms with E-state index in [1.54, 1.807) is 0 Å². The first-order chi connectivity index (χ1) is 9.16. The molecule has 1 aromatic carbocycles. The summed E-state index contributed by atoms with van der Waals surface area (Å²) < 4.78 is 10.4. The van der Waals surface area contributed by atoms with Crippen LogP contribution in [0.2, 0.25) is 0 Å². The molecule has 1 aliphatic rings. The number of rotatable bonds is 6. The average molecular weight is 266 g/mol. The molecule has 0 bridgehead atoms. The van der Waals surface area contributed by atoms with Gasteiger partial charge in [-0.25, -0.2) is 0 Å². The lowest BCUT2D eigenvalue weighted by atomic mass is 9.94. The van der Waals surface area contributed by atoms with E-state index in [1.165, 1.54) is 0 Å². The number of benzene rings is 1. The van der Waals surface area contributed by atoms with Gasteiger partial charge in [0, 0.05) is 12.8 Å². The molecule has 0 spiro atoms. The zero-order valence-electron chi connectivity index (χ0n) is 10.6. The number of ether oxygens (including phenoxy) is 2. The van der Waals surface area contributed by atoms with Crippen LogP contribution in [0.3, 0.4) is 0 Å². The minimum Gasteiger partial charge on any atom is -0.454 e. The van der Waals surface area contributed by atoms with Crippen molar-refractivity contribution >= 4 is 5.97 Å². The minimum absolute atomic E-state index is 0.0166. The molecule has 19 heavy (non-hydrogen) atoms. The van der Waals surface area contributed by atoms with Gasteiger partial charge in [-0.3, -0.25) is 4.79 Å². The largest absolute Gasteiger partial charge is 0.454 e. The van der Waals surface area contributed by atoms with Crippen molar-refractivity contribution in [3.05, 3.63) is 35.9 Å². The molecule has 5 nitrogen and oxygen atoms in total. The first-order valence-electron chi connectivity index (χ1n) is 6.29. The highest BCUT2D eigenvalue weighted by Gasteiger charge is 2.46. The van der Waals surface area contributed by atoms with Crippen molar-refractivity contribution < 1.29 is 24.5 Å². The van der Waals surface area contributed by atoms with E-state index in [9.17, 15) is 15.0 Å². The van der Waals surface area contributed by atoms with Gasteiger partial charge in [0.05, 0.1) is 19.8 Å². The Labute approximate surface area is 111 Å². The van der Waals surface area contributed by atoms with Crippen LogP contribution >= 0.6 is 0 Å². The monoisotopic (exact) mass is 266 g/mol. The van der Waals surface area contributed by atoms with Gasteiger partial charge < -0.3 is 19.7 Å². The smallest absolute Gasteiger partial charge is 0.306 e. The second-order valence-corrected chi connectivity index (χ2v) is 4.71. The van der Waals surface area contributed by atoms with Gasteiger partial charge in [-0.05, 0) is 5.56 Å². The molecule has 1 saturated heterocycles. The molecular formula is C14H18O5. The minimum atomic E-state index is -1.20. The van der Waals surface area contributed by atoms with Crippen LogP contribution in [0.4, 0.5) is 0 Å². The van der Waals surface area contributed by atoms with Gasteiger partial charge in [-0.2, -0.15) is 0 Å². The standard InChI is InChI=1S/C14H18O5/c15-10-14(7-6-13(17)19-14)12(16)9-18-8-11-4-2-1-3-5-11/h1-5,12,15-16H,6-10H2/t12-,14+/m0/s1. The maximum Gasteiger partial charge on any atom is 0.306 e. The van der Waals surface area contributed by atoms with Crippen LogP contribution in [0.5, 0.6) is 0 Å². The molecule has 104 valence electrons. The molecule has 2 N–H and O–H groups in total. The van der Waals surface area contributed by atoms with E-state index in [0.29, 0.717) is 13.0 Å².